The number of nitrogens with zero attached hydrogens (tertiary/aromatic N) is 2. The standard InChI is InChI=1S/C12H13N3O2S/c1-8-10(6-11(16)17)18-12(15-8)14-7-9-2-4-13-5-3-9/h2-5H,6-7H2,1H3,(H,14,15)(H,16,17). The van der Waals surface area contributed by atoms with Gasteiger partial charge in [-0.05, 0) is 24.6 Å². The number of aromatic nitrogens is 2. The topological polar surface area (TPSA) is 75.1 Å². The fourth-order valence-corrected chi connectivity index (χ4v) is 2.43. The van der Waals surface area contributed by atoms with Crippen LogP contribution in [0.5, 0.6) is 0 Å². The van der Waals surface area contributed by atoms with Crippen LogP contribution in [0.25, 0.3) is 0 Å². The summed E-state index contributed by atoms with van der Waals surface area (Å²) in [5.74, 6) is -0.831. The van der Waals surface area contributed by atoms with Crippen LogP contribution in [0.2, 0.25) is 0 Å². The second-order valence-corrected chi connectivity index (χ2v) is 4.89. The largest absolute Gasteiger partial charge is 0.481 e. The van der Waals surface area contributed by atoms with Crippen molar-refractivity contribution in [1.29, 1.82) is 0 Å². The van der Waals surface area contributed by atoms with E-state index in [0.717, 1.165) is 21.3 Å². The van der Waals surface area contributed by atoms with Gasteiger partial charge in [0.1, 0.15) is 0 Å². The van der Waals surface area contributed by atoms with Crippen molar-refractivity contribution >= 4 is 22.4 Å². The number of hydrogen-bond acceptors (Lipinski definition) is 5. The number of carbonyl (C=O) groups is 1. The molecule has 6 heteroatoms. The van der Waals surface area contributed by atoms with Gasteiger partial charge < -0.3 is 10.4 Å². The molecule has 0 atom stereocenters. The molecule has 5 nitrogen and oxygen atoms in total. The maximum atomic E-state index is 10.7. The highest BCUT2D eigenvalue weighted by Gasteiger charge is 2.10. The van der Waals surface area contributed by atoms with Crippen molar-refractivity contribution in [3.05, 3.63) is 40.7 Å². The molecule has 2 N–H and O–H groups in total. The molecule has 0 saturated carbocycles. The van der Waals surface area contributed by atoms with E-state index in [1.807, 2.05) is 19.1 Å². The van der Waals surface area contributed by atoms with Crippen LogP contribution >= 0.6 is 11.3 Å². The van der Waals surface area contributed by atoms with Gasteiger partial charge in [0.2, 0.25) is 0 Å². The summed E-state index contributed by atoms with van der Waals surface area (Å²) in [4.78, 5) is 19.7. The molecule has 0 aliphatic heterocycles. The van der Waals surface area contributed by atoms with Crippen LogP contribution < -0.4 is 5.32 Å². The molecule has 2 heterocycles. The predicted octanol–water partition coefficient (Wildman–Crippen LogP) is 2.09. The predicted molar refractivity (Wildman–Crippen MR) is 69.8 cm³/mol. The van der Waals surface area contributed by atoms with E-state index in [2.05, 4.69) is 15.3 Å². The third kappa shape index (κ3) is 3.27. The molecule has 0 aliphatic carbocycles. The molecule has 2 aromatic heterocycles. The number of thiazole rings is 1. The Hall–Kier alpha value is -1.95. The van der Waals surface area contributed by atoms with Crippen molar-refractivity contribution in [3.8, 4) is 0 Å². The minimum Gasteiger partial charge on any atom is -0.481 e. The Morgan fingerprint density at radius 1 is 1.44 bits per heavy atom. The molecule has 2 rings (SSSR count). The summed E-state index contributed by atoms with van der Waals surface area (Å²) >= 11 is 1.39. The highest BCUT2D eigenvalue weighted by atomic mass is 32.1. The van der Waals surface area contributed by atoms with Crippen LogP contribution in [-0.4, -0.2) is 21.0 Å². The van der Waals surface area contributed by atoms with Gasteiger partial charge in [0.15, 0.2) is 5.13 Å². The third-order valence-electron chi connectivity index (χ3n) is 2.40. The van der Waals surface area contributed by atoms with Gasteiger partial charge in [0, 0.05) is 23.8 Å². The van der Waals surface area contributed by atoms with Crippen LogP contribution in [-0.2, 0) is 17.8 Å². The van der Waals surface area contributed by atoms with E-state index < -0.39 is 5.97 Å². The van der Waals surface area contributed by atoms with Gasteiger partial charge in [0.05, 0.1) is 12.1 Å². The van der Waals surface area contributed by atoms with E-state index in [0.29, 0.717) is 6.54 Å². The molecule has 0 spiro atoms. The molecule has 0 aromatic carbocycles. The Morgan fingerprint density at radius 3 is 2.83 bits per heavy atom. The minimum absolute atomic E-state index is 0.0282. The molecule has 0 bridgehead atoms. The van der Waals surface area contributed by atoms with Crippen molar-refractivity contribution in [2.75, 3.05) is 5.32 Å². The van der Waals surface area contributed by atoms with E-state index in [9.17, 15) is 4.79 Å². The Kier molecular flexibility index (Phi) is 3.88. The quantitative estimate of drug-likeness (QED) is 0.864. The lowest BCUT2D eigenvalue weighted by Gasteiger charge is -2.01. The van der Waals surface area contributed by atoms with Crippen LogP contribution in [0.4, 0.5) is 5.13 Å². The highest BCUT2D eigenvalue weighted by Crippen LogP contribution is 2.23. The van der Waals surface area contributed by atoms with Gasteiger partial charge >= 0.3 is 5.97 Å². The molecule has 18 heavy (non-hydrogen) atoms. The number of carboxylic acids is 1. The van der Waals surface area contributed by atoms with Crippen LogP contribution in [0.3, 0.4) is 0 Å². The molecule has 94 valence electrons. The van der Waals surface area contributed by atoms with E-state index in [1.54, 1.807) is 12.4 Å². The fraction of sp³-hybridized carbons (Fsp3) is 0.250. The molecule has 0 unspecified atom stereocenters. The lowest BCUT2D eigenvalue weighted by Crippen LogP contribution is -1.99. The number of aryl methyl sites for hydroxylation is 1. The molecule has 0 radical (unpaired) electrons. The minimum atomic E-state index is -0.831. The van der Waals surface area contributed by atoms with Gasteiger partial charge in [-0.3, -0.25) is 9.78 Å². The normalized spacial score (nSPS) is 10.3. The van der Waals surface area contributed by atoms with E-state index in [4.69, 9.17) is 5.11 Å². The number of aliphatic carboxylic acids is 1. The molecule has 0 saturated heterocycles. The van der Waals surface area contributed by atoms with Gasteiger partial charge in [-0.15, -0.1) is 11.3 Å². The first-order valence-electron chi connectivity index (χ1n) is 5.46. The van der Waals surface area contributed by atoms with Gasteiger partial charge in [-0.2, -0.15) is 0 Å². The first-order valence-corrected chi connectivity index (χ1v) is 6.27. The number of anilines is 1. The van der Waals surface area contributed by atoms with E-state index in [-0.39, 0.29) is 6.42 Å². The first-order chi connectivity index (χ1) is 8.65. The average molecular weight is 263 g/mol. The smallest absolute Gasteiger partial charge is 0.308 e. The number of pyridine rings is 1. The Morgan fingerprint density at radius 2 is 2.17 bits per heavy atom. The van der Waals surface area contributed by atoms with Crippen molar-refractivity contribution in [1.82, 2.24) is 9.97 Å². The van der Waals surface area contributed by atoms with Crippen LogP contribution in [0.1, 0.15) is 16.1 Å². The van der Waals surface area contributed by atoms with Crippen molar-refractivity contribution in [2.24, 2.45) is 0 Å². The highest BCUT2D eigenvalue weighted by molar-refractivity contribution is 7.15. The average Bonchev–Trinajstić information content (AvgIpc) is 2.68. The molecule has 0 amide bonds. The maximum Gasteiger partial charge on any atom is 0.308 e. The fourth-order valence-electron chi connectivity index (χ4n) is 1.48. The number of carboxylic acid groups (broad SMARTS) is 1. The monoisotopic (exact) mass is 263 g/mol. The second kappa shape index (κ2) is 5.59. The van der Waals surface area contributed by atoms with Crippen molar-refractivity contribution in [3.63, 3.8) is 0 Å². The molecule has 2 aromatic rings. The number of rotatable bonds is 5. The molecule has 0 aliphatic rings. The molecular weight excluding hydrogens is 250 g/mol. The molecular formula is C12H13N3O2S. The summed E-state index contributed by atoms with van der Waals surface area (Å²) in [6.45, 7) is 2.48. The summed E-state index contributed by atoms with van der Waals surface area (Å²) in [6, 6.07) is 3.84. The molecule has 0 fully saturated rings. The van der Waals surface area contributed by atoms with Crippen molar-refractivity contribution < 1.29 is 9.90 Å². The van der Waals surface area contributed by atoms with Gasteiger partial charge in [-0.25, -0.2) is 4.98 Å². The van der Waals surface area contributed by atoms with Gasteiger partial charge in [0.25, 0.3) is 0 Å². The third-order valence-corrected chi connectivity index (χ3v) is 3.51. The van der Waals surface area contributed by atoms with Gasteiger partial charge in [-0.1, -0.05) is 0 Å². The number of nitrogens with one attached hydrogen (secondary N) is 1. The zero-order chi connectivity index (χ0) is 13.0. The number of hydrogen-bond donors (Lipinski definition) is 2. The lowest BCUT2D eigenvalue weighted by atomic mass is 10.3. The summed E-state index contributed by atoms with van der Waals surface area (Å²) in [6.07, 6.45) is 3.50. The maximum absolute atomic E-state index is 10.7. The summed E-state index contributed by atoms with van der Waals surface area (Å²) < 4.78 is 0. The van der Waals surface area contributed by atoms with E-state index >= 15 is 0 Å². The zero-order valence-corrected chi connectivity index (χ0v) is 10.7. The van der Waals surface area contributed by atoms with Crippen molar-refractivity contribution in [2.45, 2.75) is 19.9 Å². The summed E-state index contributed by atoms with van der Waals surface area (Å²) in [7, 11) is 0. The Bertz CT molecular complexity index is 540. The SMILES string of the molecule is Cc1nc(NCc2ccncc2)sc1CC(=O)O. The van der Waals surface area contributed by atoms with Crippen LogP contribution in [0, 0.1) is 6.92 Å². The first kappa shape index (κ1) is 12.5. The summed E-state index contributed by atoms with van der Waals surface area (Å²) in [5, 5.41) is 12.7. The Labute approximate surface area is 109 Å². The van der Waals surface area contributed by atoms with E-state index in [1.165, 1.54) is 11.3 Å². The zero-order valence-electron chi connectivity index (χ0n) is 9.88. The second-order valence-electron chi connectivity index (χ2n) is 3.81. The lowest BCUT2D eigenvalue weighted by molar-refractivity contribution is -0.136. The van der Waals surface area contributed by atoms with Crippen LogP contribution in [0.15, 0.2) is 24.5 Å². The summed E-state index contributed by atoms with van der Waals surface area (Å²) in [5.41, 5.74) is 1.89. The Balaban J connectivity index is 2.00.